The van der Waals surface area contributed by atoms with Crippen LogP contribution in [0.25, 0.3) is 21.8 Å². The number of benzene rings is 1. The second kappa shape index (κ2) is 6.58. The Morgan fingerprint density at radius 2 is 1.89 bits per heavy atom. The van der Waals surface area contributed by atoms with Gasteiger partial charge in [0.15, 0.2) is 11.5 Å². The van der Waals surface area contributed by atoms with Crippen molar-refractivity contribution < 1.29 is 19.4 Å². The van der Waals surface area contributed by atoms with Crippen LogP contribution in [-0.4, -0.2) is 46.6 Å². The molecule has 4 rings (SSSR count). The number of pyridine rings is 1. The average molecular weight is 383 g/mol. The molecule has 3 aromatic rings. The van der Waals surface area contributed by atoms with Crippen molar-refractivity contribution in [3.05, 3.63) is 24.4 Å². The SMILES string of the molecule is COc1cc2c3c(N4CCCC4)nccc3n(C(=O)OC(C)(C)C)c2cc1O. The highest BCUT2D eigenvalue weighted by Crippen LogP contribution is 2.41. The van der Waals surface area contributed by atoms with Crippen molar-refractivity contribution in [2.75, 3.05) is 25.1 Å². The van der Waals surface area contributed by atoms with Gasteiger partial charge in [-0.05, 0) is 45.7 Å². The maximum Gasteiger partial charge on any atom is 0.419 e. The highest BCUT2D eigenvalue weighted by Gasteiger charge is 2.27. The lowest BCUT2D eigenvalue weighted by molar-refractivity contribution is 0.0551. The van der Waals surface area contributed by atoms with Gasteiger partial charge in [-0.25, -0.2) is 14.3 Å². The number of carbonyl (C=O) groups is 1. The lowest BCUT2D eigenvalue weighted by atomic mass is 10.1. The molecule has 28 heavy (non-hydrogen) atoms. The van der Waals surface area contributed by atoms with E-state index in [0.717, 1.165) is 42.5 Å². The highest BCUT2D eigenvalue weighted by molar-refractivity contribution is 6.17. The van der Waals surface area contributed by atoms with Crippen LogP contribution in [0.1, 0.15) is 33.6 Å². The van der Waals surface area contributed by atoms with Gasteiger partial charge >= 0.3 is 6.09 Å². The molecular weight excluding hydrogens is 358 g/mol. The van der Waals surface area contributed by atoms with Crippen LogP contribution in [0.3, 0.4) is 0 Å². The summed E-state index contributed by atoms with van der Waals surface area (Å²) in [6.45, 7) is 7.35. The Kier molecular flexibility index (Phi) is 4.33. The van der Waals surface area contributed by atoms with E-state index in [1.807, 2.05) is 26.8 Å². The topological polar surface area (TPSA) is 76.8 Å². The molecule has 7 heteroatoms. The third kappa shape index (κ3) is 3.00. The molecule has 0 atom stereocenters. The molecule has 0 bridgehead atoms. The van der Waals surface area contributed by atoms with Gasteiger partial charge in [-0.2, -0.15) is 0 Å². The average Bonchev–Trinajstić information content (AvgIpc) is 3.25. The van der Waals surface area contributed by atoms with Crippen LogP contribution in [0.2, 0.25) is 0 Å². The summed E-state index contributed by atoms with van der Waals surface area (Å²) in [6.07, 6.45) is 3.46. The Balaban J connectivity index is 2.05. The van der Waals surface area contributed by atoms with Crippen LogP contribution in [-0.2, 0) is 4.74 Å². The zero-order valence-electron chi connectivity index (χ0n) is 16.7. The lowest BCUT2D eigenvalue weighted by Gasteiger charge is -2.20. The number of ether oxygens (including phenoxy) is 2. The standard InChI is InChI=1S/C21H25N3O4/c1-21(2,3)28-20(26)24-14-7-8-22-19(23-9-5-6-10-23)18(14)13-11-17(27-4)16(25)12-15(13)24/h7-8,11-12,25H,5-6,9-10H2,1-4H3. The molecule has 0 unspecified atom stereocenters. The molecule has 3 heterocycles. The van der Waals surface area contributed by atoms with E-state index in [9.17, 15) is 9.90 Å². The fourth-order valence-corrected chi connectivity index (χ4v) is 3.79. The summed E-state index contributed by atoms with van der Waals surface area (Å²) in [5, 5.41) is 12.0. The molecule has 1 aromatic carbocycles. The number of phenolic OH excluding ortho intramolecular Hbond substituents is 1. The van der Waals surface area contributed by atoms with Gasteiger partial charge in [0, 0.05) is 30.7 Å². The van der Waals surface area contributed by atoms with E-state index >= 15 is 0 Å². The van der Waals surface area contributed by atoms with E-state index in [0.29, 0.717) is 16.8 Å². The van der Waals surface area contributed by atoms with E-state index in [1.54, 1.807) is 18.3 Å². The highest BCUT2D eigenvalue weighted by atomic mass is 16.6. The zero-order valence-corrected chi connectivity index (χ0v) is 16.7. The monoisotopic (exact) mass is 383 g/mol. The van der Waals surface area contributed by atoms with E-state index in [4.69, 9.17) is 9.47 Å². The molecule has 0 spiro atoms. The Morgan fingerprint density at radius 1 is 1.18 bits per heavy atom. The van der Waals surface area contributed by atoms with Crippen molar-refractivity contribution in [3.63, 3.8) is 0 Å². The number of aromatic nitrogens is 2. The van der Waals surface area contributed by atoms with Gasteiger partial charge in [-0.15, -0.1) is 0 Å². The van der Waals surface area contributed by atoms with Gasteiger partial charge in [-0.1, -0.05) is 0 Å². The maximum absolute atomic E-state index is 13.0. The summed E-state index contributed by atoms with van der Waals surface area (Å²) in [6, 6.07) is 5.11. The van der Waals surface area contributed by atoms with Crippen LogP contribution in [0.4, 0.5) is 10.6 Å². The first-order valence-corrected chi connectivity index (χ1v) is 9.48. The van der Waals surface area contributed by atoms with Crippen molar-refractivity contribution >= 4 is 33.7 Å². The molecule has 0 radical (unpaired) electrons. The predicted octanol–water partition coefficient (Wildman–Crippen LogP) is 4.29. The van der Waals surface area contributed by atoms with Gasteiger partial charge < -0.3 is 19.5 Å². The van der Waals surface area contributed by atoms with Crippen LogP contribution in [0.5, 0.6) is 11.5 Å². The second-order valence-corrected chi connectivity index (χ2v) is 8.08. The number of carbonyl (C=O) groups excluding carboxylic acids is 1. The molecule has 1 N–H and O–H groups in total. The van der Waals surface area contributed by atoms with Crippen molar-refractivity contribution in [2.24, 2.45) is 0 Å². The van der Waals surface area contributed by atoms with Gasteiger partial charge in [0.25, 0.3) is 0 Å². The molecule has 1 fully saturated rings. The van der Waals surface area contributed by atoms with Crippen LogP contribution in [0.15, 0.2) is 24.4 Å². The Bertz CT molecular complexity index is 1060. The van der Waals surface area contributed by atoms with Gasteiger partial charge in [0.1, 0.15) is 11.4 Å². The fraction of sp³-hybridized carbons (Fsp3) is 0.429. The van der Waals surface area contributed by atoms with Gasteiger partial charge in [0.2, 0.25) is 0 Å². The van der Waals surface area contributed by atoms with E-state index < -0.39 is 11.7 Å². The quantitative estimate of drug-likeness (QED) is 0.711. The molecule has 1 aliphatic rings. The van der Waals surface area contributed by atoms with E-state index in [2.05, 4.69) is 9.88 Å². The molecule has 1 aliphatic heterocycles. The molecule has 7 nitrogen and oxygen atoms in total. The van der Waals surface area contributed by atoms with Crippen molar-refractivity contribution in [1.82, 2.24) is 9.55 Å². The lowest BCUT2D eigenvalue weighted by Crippen LogP contribution is -2.27. The van der Waals surface area contributed by atoms with Crippen molar-refractivity contribution in [1.29, 1.82) is 0 Å². The Hall–Kier alpha value is -2.96. The number of nitrogens with zero attached hydrogens (tertiary/aromatic N) is 3. The number of hydrogen-bond donors (Lipinski definition) is 1. The normalized spacial score (nSPS) is 14.8. The van der Waals surface area contributed by atoms with Crippen molar-refractivity contribution in [2.45, 2.75) is 39.2 Å². The third-order valence-corrected chi connectivity index (χ3v) is 4.94. The number of phenols is 1. The minimum atomic E-state index is -0.640. The number of anilines is 1. The minimum absolute atomic E-state index is 0.0294. The molecule has 2 aromatic heterocycles. The maximum atomic E-state index is 13.0. The van der Waals surface area contributed by atoms with Gasteiger partial charge in [0.05, 0.1) is 23.5 Å². The summed E-state index contributed by atoms with van der Waals surface area (Å²) in [5.41, 5.74) is 0.629. The van der Waals surface area contributed by atoms with E-state index in [1.165, 1.54) is 11.7 Å². The summed E-state index contributed by atoms with van der Waals surface area (Å²) in [5.74, 6) is 1.17. The second-order valence-electron chi connectivity index (χ2n) is 8.08. The number of aromatic hydroxyl groups is 1. The third-order valence-electron chi connectivity index (χ3n) is 4.94. The fourth-order valence-electron chi connectivity index (χ4n) is 3.79. The number of hydrogen-bond acceptors (Lipinski definition) is 6. The molecule has 0 amide bonds. The van der Waals surface area contributed by atoms with Crippen molar-refractivity contribution in [3.8, 4) is 11.5 Å². The summed E-state index contributed by atoms with van der Waals surface area (Å²) in [4.78, 5) is 19.9. The first-order valence-electron chi connectivity index (χ1n) is 9.48. The molecule has 148 valence electrons. The number of fused-ring (bicyclic) bond motifs is 3. The molecule has 0 aliphatic carbocycles. The number of methoxy groups -OCH3 is 1. The first-order chi connectivity index (χ1) is 13.3. The van der Waals surface area contributed by atoms with Crippen LogP contribution >= 0.6 is 0 Å². The number of rotatable bonds is 2. The first kappa shape index (κ1) is 18.4. The molecule has 0 saturated carbocycles. The van der Waals surface area contributed by atoms with Crippen LogP contribution in [0, 0.1) is 0 Å². The molecule has 1 saturated heterocycles. The Labute approximate surface area is 163 Å². The minimum Gasteiger partial charge on any atom is -0.504 e. The van der Waals surface area contributed by atoms with Gasteiger partial charge in [-0.3, -0.25) is 0 Å². The van der Waals surface area contributed by atoms with Crippen LogP contribution < -0.4 is 9.64 Å². The zero-order chi connectivity index (χ0) is 20.1. The summed E-state index contributed by atoms with van der Waals surface area (Å²) in [7, 11) is 1.51. The Morgan fingerprint density at radius 3 is 2.54 bits per heavy atom. The predicted molar refractivity (Wildman–Crippen MR) is 109 cm³/mol. The summed E-state index contributed by atoms with van der Waals surface area (Å²) < 4.78 is 12.5. The largest absolute Gasteiger partial charge is 0.504 e. The summed E-state index contributed by atoms with van der Waals surface area (Å²) >= 11 is 0. The smallest absolute Gasteiger partial charge is 0.419 e. The van der Waals surface area contributed by atoms with E-state index in [-0.39, 0.29) is 5.75 Å². The molecular formula is C21H25N3O4.